The summed E-state index contributed by atoms with van der Waals surface area (Å²) in [5, 5.41) is 5.87. The van der Waals surface area contributed by atoms with Crippen molar-refractivity contribution in [1.29, 1.82) is 0 Å². The number of rotatable bonds is 5. The maximum atomic E-state index is 4.88. The minimum absolute atomic E-state index is 0.356. The van der Waals surface area contributed by atoms with Crippen molar-refractivity contribution in [2.75, 3.05) is 5.43 Å². The molecule has 0 bridgehead atoms. The lowest BCUT2D eigenvalue weighted by Crippen LogP contribution is -2.14. The maximum absolute atomic E-state index is 4.88. The Kier molecular flexibility index (Phi) is 6.53. The van der Waals surface area contributed by atoms with Crippen molar-refractivity contribution >= 4 is 28.1 Å². The van der Waals surface area contributed by atoms with Gasteiger partial charge in [-0.2, -0.15) is 5.10 Å². The Labute approximate surface area is 223 Å². The van der Waals surface area contributed by atoms with Crippen molar-refractivity contribution in [2.45, 2.75) is 32.6 Å². The summed E-state index contributed by atoms with van der Waals surface area (Å²) in [6.45, 7) is 4.25. The van der Waals surface area contributed by atoms with Crippen LogP contribution in [0.25, 0.3) is 27.7 Å². The predicted octanol–water partition coefficient (Wildman–Crippen LogP) is 8.34. The van der Waals surface area contributed by atoms with Gasteiger partial charge in [-0.15, -0.1) is 0 Å². The number of aryl methyl sites for hydroxylation is 2. The first-order chi connectivity index (χ1) is 18.6. The fourth-order valence-corrected chi connectivity index (χ4v) is 5.09. The molecule has 4 nitrogen and oxygen atoms in total. The molecular weight excluding hydrogens is 464 g/mol. The average Bonchev–Trinajstić information content (AvgIpc) is 2.97. The predicted molar refractivity (Wildman–Crippen MR) is 158 cm³/mol. The van der Waals surface area contributed by atoms with E-state index in [0.29, 0.717) is 11.9 Å². The summed E-state index contributed by atoms with van der Waals surface area (Å²) in [5.74, 6) is 0.854. The summed E-state index contributed by atoms with van der Waals surface area (Å²) in [6.07, 6.45) is 4.06. The molecule has 5 aromatic rings. The molecule has 1 heterocycles. The number of nitrogens with one attached hydrogen (secondary N) is 1. The highest BCUT2D eigenvalue weighted by atomic mass is 15.4. The Morgan fingerprint density at radius 3 is 2.13 bits per heavy atom. The highest BCUT2D eigenvalue weighted by molar-refractivity contribution is 6.03. The molecule has 0 fully saturated rings. The van der Waals surface area contributed by atoms with Crippen molar-refractivity contribution in [3.8, 4) is 11.3 Å². The van der Waals surface area contributed by atoms with Gasteiger partial charge in [-0.3, -0.25) is 0 Å². The molecule has 1 aliphatic carbocycles. The average molecular weight is 495 g/mol. The van der Waals surface area contributed by atoms with Gasteiger partial charge in [-0.1, -0.05) is 108 Å². The minimum atomic E-state index is 0.356. The molecule has 0 spiro atoms. The molecule has 1 N–H and O–H groups in total. The van der Waals surface area contributed by atoms with Gasteiger partial charge in [0, 0.05) is 10.9 Å². The highest BCUT2D eigenvalue weighted by Gasteiger charge is 2.22. The van der Waals surface area contributed by atoms with Crippen LogP contribution in [0.1, 0.15) is 41.0 Å². The number of anilines is 1. The van der Waals surface area contributed by atoms with E-state index >= 15 is 0 Å². The SMILES string of the molecule is Cc1ccc(C2=C/C(=N\Nc3nc(-c4ccccc4)c4ccccc4n3)CC(c3ccc(C)cc3)C2)cc1. The molecule has 0 saturated heterocycles. The molecule has 186 valence electrons. The normalized spacial score (nSPS) is 16.4. The van der Waals surface area contributed by atoms with Gasteiger partial charge in [0.15, 0.2) is 0 Å². The molecule has 1 aliphatic rings. The Balaban J connectivity index is 1.37. The van der Waals surface area contributed by atoms with Gasteiger partial charge in [-0.05, 0) is 61.4 Å². The first kappa shape index (κ1) is 23.8. The summed E-state index contributed by atoms with van der Waals surface area (Å²) in [5.41, 5.74) is 13.5. The highest BCUT2D eigenvalue weighted by Crippen LogP contribution is 2.36. The van der Waals surface area contributed by atoms with Crippen LogP contribution in [0.4, 0.5) is 5.95 Å². The number of allylic oxidation sites excluding steroid dienone is 2. The third-order valence-corrected chi connectivity index (χ3v) is 7.18. The first-order valence-electron chi connectivity index (χ1n) is 13.1. The molecule has 0 amide bonds. The van der Waals surface area contributed by atoms with Crippen LogP contribution < -0.4 is 5.43 Å². The van der Waals surface area contributed by atoms with Crippen LogP contribution in [0.3, 0.4) is 0 Å². The largest absolute Gasteiger partial charge is 0.245 e. The Bertz CT molecular complexity index is 1630. The van der Waals surface area contributed by atoms with Crippen molar-refractivity contribution < 1.29 is 0 Å². The van der Waals surface area contributed by atoms with E-state index in [1.165, 1.54) is 27.8 Å². The van der Waals surface area contributed by atoms with Gasteiger partial charge in [0.05, 0.1) is 16.9 Å². The zero-order valence-electron chi connectivity index (χ0n) is 21.7. The molecule has 0 radical (unpaired) electrons. The molecule has 0 saturated carbocycles. The van der Waals surface area contributed by atoms with E-state index in [4.69, 9.17) is 15.1 Å². The molecule has 6 rings (SSSR count). The first-order valence-corrected chi connectivity index (χ1v) is 13.1. The van der Waals surface area contributed by atoms with E-state index in [0.717, 1.165) is 40.7 Å². The molecule has 4 aromatic carbocycles. The van der Waals surface area contributed by atoms with Gasteiger partial charge >= 0.3 is 0 Å². The molecule has 1 aromatic heterocycles. The Morgan fingerprint density at radius 2 is 1.37 bits per heavy atom. The smallest absolute Gasteiger partial charge is 0.244 e. The molecular formula is C34H30N4. The Hall–Kier alpha value is -4.57. The van der Waals surface area contributed by atoms with E-state index in [1.54, 1.807) is 0 Å². The second-order valence-corrected chi connectivity index (χ2v) is 10.0. The molecule has 0 aliphatic heterocycles. The number of hydrazone groups is 1. The lowest BCUT2D eigenvalue weighted by molar-refractivity contribution is 0.731. The number of nitrogens with zero attached hydrogens (tertiary/aromatic N) is 3. The number of para-hydroxylation sites is 1. The molecule has 4 heteroatoms. The van der Waals surface area contributed by atoms with E-state index in [-0.39, 0.29) is 0 Å². The van der Waals surface area contributed by atoms with E-state index in [9.17, 15) is 0 Å². The number of aromatic nitrogens is 2. The van der Waals surface area contributed by atoms with Crippen molar-refractivity contribution in [3.05, 3.63) is 131 Å². The lowest BCUT2D eigenvalue weighted by atomic mass is 9.80. The van der Waals surface area contributed by atoms with Crippen LogP contribution in [0.5, 0.6) is 0 Å². The van der Waals surface area contributed by atoms with Crippen LogP contribution in [0, 0.1) is 13.8 Å². The fourth-order valence-electron chi connectivity index (χ4n) is 5.09. The summed E-state index contributed by atoms with van der Waals surface area (Å²) in [6, 6.07) is 36.0. The Morgan fingerprint density at radius 1 is 0.684 bits per heavy atom. The fraction of sp³-hybridized carbons (Fsp3) is 0.147. The molecule has 1 atom stereocenters. The van der Waals surface area contributed by atoms with Crippen LogP contribution in [-0.2, 0) is 0 Å². The van der Waals surface area contributed by atoms with E-state index in [1.807, 2.05) is 36.4 Å². The summed E-state index contributed by atoms with van der Waals surface area (Å²) in [4.78, 5) is 9.65. The van der Waals surface area contributed by atoms with Crippen molar-refractivity contribution in [1.82, 2.24) is 9.97 Å². The lowest BCUT2D eigenvalue weighted by Gasteiger charge is -2.25. The number of hydrogen-bond donors (Lipinski definition) is 1. The third-order valence-electron chi connectivity index (χ3n) is 7.18. The zero-order valence-corrected chi connectivity index (χ0v) is 21.7. The zero-order chi connectivity index (χ0) is 25.9. The van der Waals surface area contributed by atoms with Gasteiger partial charge in [0.1, 0.15) is 0 Å². The monoisotopic (exact) mass is 494 g/mol. The standard InChI is InChI=1S/C34H30N4/c1-23-12-16-25(17-13-23)28-20-29(26-18-14-24(2)15-19-26)22-30(21-28)37-38-34-35-32-11-7-6-10-31(32)33(36-34)27-8-4-3-5-9-27/h3-19,21,29H,20,22H2,1-2H3,(H,35,36,38)/b37-30+. The number of benzene rings is 4. The minimum Gasteiger partial charge on any atom is -0.245 e. The maximum Gasteiger partial charge on any atom is 0.244 e. The topological polar surface area (TPSA) is 50.2 Å². The van der Waals surface area contributed by atoms with Crippen molar-refractivity contribution in [3.63, 3.8) is 0 Å². The third kappa shape index (κ3) is 5.12. The summed E-state index contributed by atoms with van der Waals surface area (Å²) < 4.78 is 0. The van der Waals surface area contributed by atoms with Crippen molar-refractivity contribution in [2.24, 2.45) is 5.10 Å². The van der Waals surface area contributed by atoms with Gasteiger partial charge in [-0.25, -0.2) is 15.4 Å². The van der Waals surface area contributed by atoms with Gasteiger partial charge in [0.25, 0.3) is 0 Å². The second kappa shape index (κ2) is 10.4. The molecule has 1 unspecified atom stereocenters. The molecule has 38 heavy (non-hydrogen) atoms. The van der Waals surface area contributed by atoms with Crippen LogP contribution in [0.2, 0.25) is 0 Å². The van der Waals surface area contributed by atoms with E-state index in [2.05, 4.69) is 92.1 Å². The number of fused-ring (bicyclic) bond motifs is 1. The number of hydrogen-bond acceptors (Lipinski definition) is 4. The summed E-state index contributed by atoms with van der Waals surface area (Å²) >= 11 is 0. The quantitative estimate of drug-likeness (QED) is 0.250. The van der Waals surface area contributed by atoms with E-state index < -0.39 is 0 Å². The van der Waals surface area contributed by atoms with Crippen LogP contribution in [0.15, 0.2) is 114 Å². The van der Waals surface area contributed by atoms with Crippen LogP contribution in [-0.4, -0.2) is 15.7 Å². The summed E-state index contributed by atoms with van der Waals surface area (Å²) in [7, 11) is 0. The second-order valence-electron chi connectivity index (χ2n) is 10.0. The van der Waals surface area contributed by atoms with Gasteiger partial charge < -0.3 is 0 Å². The van der Waals surface area contributed by atoms with Gasteiger partial charge in [0.2, 0.25) is 5.95 Å². The van der Waals surface area contributed by atoms with Crippen LogP contribution >= 0.6 is 0 Å².